The van der Waals surface area contributed by atoms with Crippen LogP contribution in [0, 0.1) is 12.1 Å². The molecule has 1 aliphatic rings. The molecule has 1 aliphatic heterocycles. The van der Waals surface area contributed by atoms with Crippen molar-refractivity contribution in [3.8, 4) is 0 Å². The average Bonchev–Trinajstić information content (AvgIpc) is 2.86. The van der Waals surface area contributed by atoms with Crippen LogP contribution in [0.25, 0.3) is 0 Å². The molecule has 1 unspecified atom stereocenters. The molecule has 0 bridgehead atoms. The molecule has 21 heavy (non-hydrogen) atoms. The molecule has 1 aromatic rings. The lowest BCUT2D eigenvalue weighted by Crippen LogP contribution is -2.46. The molecule has 0 N–H and O–H groups in total. The third kappa shape index (κ3) is 3.26. The molecule has 0 saturated carbocycles. The van der Waals surface area contributed by atoms with Crippen LogP contribution in [0.1, 0.15) is 25.3 Å². The number of imide groups is 1. The molecule has 1 atom stereocenters. The number of hydrogen-bond donors (Lipinski definition) is 0. The molecular weight excluding hydrogens is 274 g/mol. The molecule has 0 radical (unpaired) electrons. The van der Waals surface area contributed by atoms with Gasteiger partial charge in [0.25, 0.3) is 5.91 Å². The normalized spacial score (nSPS) is 17.3. The monoisotopic (exact) mass is 287 g/mol. The number of esters is 1. The van der Waals surface area contributed by atoms with Gasteiger partial charge in [-0.15, -0.1) is 0 Å². The van der Waals surface area contributed by atoms with E-state index in [-0.39, 0.29) is 19.4 Å². The molecule has 1 saturated heterocycles. The maximum absolute atomic E-state index is 12.0. The Morgan fingerprint density at radius 3 is 2.81 bits per heavy atom. The summed E-state index contributed by atoms with van der Waals surface area (Å²) in [5.74, 6) is -2.99. The largest absolute Gasteiger partial charge is 0.459 e. The van der Waals surface area contributed by atoms with Crippen LogP contribution in [0.15, 0.2) is 18.2 Å². The van der Waals surface area contributed by atoms with E-state index in [0.29, 0.717) is 10.5 Å². The molecule has 0 aromatic heterocycles. The molecule has 2 amide bonds. The highest BCUT2D eigenvalue weighted by Crippen LogP contribution is 2.20. The van der Waals surface area contributed by atoms with Crippen molar-refractivity contribution >= 4 is 23.6 Å². The first-order valence-electron chi connectivity index (χ1n) is 6.41. The van der Waals surface area contributed by atoms with Gasteiger partial charge in [0.05, 0.1) is 0 Å². The number of ether oxygens (including phenoxy) is 1. The van der Waals surface area contributed by atoms with Gasteiger partial charge in [-0.3, -0.25) is 19.3 Å². The molecule has 0 aliphatic carbocycles. The first-order chi connectivity index (χ1) is 10.0. The van der Waals surface area contributed by atoms with Crippen LogP contribution < -0.4 is 0 Å². The topological polar surface area (TPSA) is 80.8 Å². The quantitative estimate of drug-likeness (QED) is 0.593. The van der Waals surface area contributed by atoms with E-state index in [2.05, 4.69) is 12.1 Å². The minimum atomic E-state index is -1.03. The summed E-state index contributed by atoms with van der Waals surface area (Å²) in [4.78, 5) is 47.1. The van der Waals surface area contributed by atoms with Crippen LogP contribution in [0.3, 0.4) is 0 Å². The van der Waals surface area contributed by atoms with Gasteiger partial charge in [0, 0.05) is 18.9 Å². The number of likely N-dealkylation sites (tertiary alicyclic amines) is 1. The highest BCUT2D eigenvalue weighted by Gasteiger charge is 2.42. The van der Waals surface area contributed by atoms with Crippen molar-refractivity contribution in [1.29, 1.82) is 0 Å². The van der Waals surface area contributed by atoms with Crippen molar-refractivity contribution in [3.05, 3.63) is 35.9 Å². The second kappa shape index (κ2) is 6.18. The van der Waals surface area contributed by atoms with E-state index >= 15 is 0 Å². The van der Waals surface area contributed by atoms with Gasteiger partial charge < -0.3 is 4.74 Å². The lowest BCUT2D eigenvalue weighted by molar-refractivity contribution is -0.160. The molecule has 6 nitrogen and oxygen atoms in total. The standard InChI is InChI=1S/C15H13NO5/c1-10(17)14(19)16-12(7-8-13(16)18)15(20)21-9-11-5-3-2-4-6-11/h2-3,5,12H,7-9H2,1H3. The number of amides is 2. The second-order valence-corrected chi connectivity index (χ2v) is 4.61. The van der Waals surface area contributed by atoms with E-state index in [1.54, 1.807) is 18.2 Å². The Morgan fingerprint density at radius 1 is 1.43 bits per heavy atom. The van der Waals surface area contributed by atoms with Gasteiger partial charge in [0.1, 0.15) is 12.6 Å². The summed E-state index contributed by atoms with van der Waals surface area (Å²) in [6.45, 7) is 1.04. The Bertz CT molecular complexity index is 581. The fourth-order valence-electron chi connectivity index (χ4n) is 2.05. The summed E-state index contributed by atoms with van der Waals surface area (Å²) in [5.41, 5.74) is 0.625. The lowest BCUT2D eigenvalue weighted by Gasteiger charge is -2.20. The smallest absolute Gasteiger partial charge is 0.329 e. The highest BCUT2D eigenvalue weighted by atomic mass is 16.5. The lowest BCUT2D eigenvalue weighted by atomic mass is 10.2. The van der Waals surface area contributed by atoms with Gasteiger partial charge in [-0.05, 0) is 18.6 Å². The van der Waals surface area contributed by atoms with Gasteiger partial charge in [-0.25, -0.2) is 4.79 Å². The van der Waals surface area contributed by atoms with Crippen molar-refractivity contribution in [2.24, 2.45) is 0 Å². The number of nitrogens with zero attached hydrogens (tertiary/aromatic N) is 1. The molecule has 1 aromatic carbocycles. The molecule has 6 heteroatoms. The number of carbonyl (C=O) groups is 4. The minimum Gasteiger partial charge on any atom is -0.459 e. The van der Waals surface area contributed by atoms with E-state index in [1.807, 2.05) is 0 Å². The van der Waals surface area contributed by atoms with Crippen LogP contribution >= 0.6 is 0 Å². The Morgan fingerprint density at radius 2 is 2.19 bits per heavy atom. The zero-order chi connectivity index (χ0) is 15.4. The van der Waals surface area contributed by atoms with Crippen LogP contribution in [0.2, 0.25) is 0 Å². The second-order valence-electron chi connectivity index (χ2n) is 4.61. The highest BCUT2D eigenvalue weighted by molar-refractivity contribution is 6.38. The average molecular weight is 287 g/mol. The van der Waals surface area contributed by atoms with Crippen LogP contribution in [0.4, 0.5) is 0 Å². The van der Waals surface area contributed by atoms with Gasteiger partial charge in [0.15, 0.2) is 0 Å². The van der Waals surface area contributed by atoms with Crippen molar-refractivity contribution < 1.29 is 23.9 Å². The zero-order valence-corrected chi connectivity index (χ0v) is 11.4. The van der Waals surface area contributed by atoms with E-state index in [9.17, 15) is 19.2 Å². The van der Waals surface area contributed by atoms with E-state index < -0.39 is 29.6 Å². The SMILES string of the molecule is CC(=O)C(=O)N1C(=O)CCC1C(=O)OCc1c#cccc1. The Kier molecular flexibility index (Phi) is 4.33. The van der Waals surface area contributed by atoms with Crippen molar-refractivity contribution in [1.82, 2.24) is 4.90 Å². The maximum Gasteiger partial charge on any atom is 0.329 e. The summed E-state index contributed by atoms with van der Waals surface area (Å²) in [5, 5.41) is 0. The number of carbonyl (C=O) groups excluding carboxylic acids is 4. The molecule has 2 rings (SSSR count). The zero-order valence-electron chi connectivity index (χ0n) is 11.4. The van der Waals surface area contributed by atoms with E-state index in [1.165, 1.54) is 0 Å². The third-order valence-corrected chi connectivity index (χ3v) is 3.08. The Hall–Kier alpha value is -2.68. The first-order valence-corrected chi connectivity index (χ1v) is 6.41. The van der Waals surface area contributed by atoms with Crippen molar-refractivity contribution in [2.45, 2.75) is 32.4 Å². The molecule has 1 heterocycles. The summed E-state index contributed by atoms with van der Waals surface area (Å²) in [7, 11) is 0. The molecule has 0 spiro atoms. The number of ketones is 1. The van der Waals surface area contributed by atoms with Gasteiger partial charge >= 0.3 is 5.97 Å². The molecular formula is C15H13NO5. The van der Waals surface area contributed by atoms with Crippen molar-refractivity contribution in [3.63, 3.8) is 0 Å². The van der Waals surface area contributed by atoms with E-state index in [4.69, 9.17) is 4.74 Å². The van der Waals surface area contributed by atoms with E-state index in [0.717, 1.165) is 6.92 Å². The number of rotatable bonds is 4. The van der Waals surface area contributed by atoms with Gasteiger partial charge in [-0.2, -0.15) is 0 Å². The summed E-state index contributed by atoms with van der Waals surface area (Å²) < 4.78 is 5.07. The van der Waals surface area contributed by atoms with Crippen LogP contribution in [0.5, 0.6) is 0 Å². The van der Waals surface area contributed by atoms with Gasteiger partial charge in [-0.1, -0.05) is 18.2 Å². The van der Waals surface area contributed by atoms with Crippen LogP contribution in [-0.2, 0) is 30.5 Å². The van der Waals surface area contributed by atoms with Crippen molar-refractivity contribution in [2.75, 3.05) is 0 Å². The Balaban J connectivity index is 2.02. The van der Waals surface area contributed by atoms with Gasteiger partial charge in [0.2, 0.25) is 11.7 Å². The molecule has 108 valence electrons. The predicted molar refractivity (Wildman–Crippen MR) is 69.5 cm³/mol. The van der Waals surface area contributed by atoms with Crippen LogP contribution in [-0.4, -0.2) is 34.5 Å². The fourth-order valence-corrected chi connectivity index (χ4v) is 2.05. The number of Topliss-reactive ketones (excluding diaryl/α,β-unsaturated/α-hetero) is 1. The third-order valence-electron chi connectivity index (χ3n) is 3.08. The molecule has 1 fully saturated rings. The summed E-state index contributed by atoms with van der Waals surface area (Å²) >= 11 is 0. The minimum absolute atomic E-state index is 0.0248. The maximum atomic E-state index is 12.0. The summed E-state index contributed by atoms with van der Waals surface area (Å²) in [6, 6.07) is 9.57. The number of hydrogen-bond acceptors (Lipinski definition) is 5. The fraction of sp³-hybridized carbons (Fsp3) is 0.333. The Labute approximate surface area is 121 Å². The predicted octanol–water partition coefficient (Wildman–Crippen LogP) is 0.437. The first kappa shape index (κ1) is 14.7. The summed E-state index contributed by atoms with van der Waals surface area (Å²) in [6.07, 6.45) is 0.214.